The molecule has 0 aromatic rings. The van der Waals surface area contributed by atoms with Crippen molar-refractivity contribution in [1.82, 2.24) is 0 Å². The van der Waals surface area contributed by atoms with E-state index in [1.54, 1.807) is 0 Å². The van der Waals surface area contributed by atoms with E-state index in [0.717, 1.165) is 35.8 Å². The SMILES string of the molecule is CC1C(C)C(C)C([Si](C)(CCCCOC(C)(C)C)[N-]C(C)(C)C)C1C.[CH3-].[Cl][Ti][Cl]. The first-order valence-corrected chi connectivity index (χ1v) is 18.0. The third-order valence-corrected chi connectivity index (χ3v) is 11.6. The number of nitrogens with zero attached hydrogens (tertiary/aromatic N) is 1. The van der Waals surface area contributed by atoms with Gasteiger partial charge in [-0.2, -0.15) is 0 Å². The molecule has 1 aliphatic carbocycles. The molecule has 6 heteroatoms. The number of ether oxygens (including phenoxy) is 1. The third kappa shape index (κ3) is 11.7. The van der Waals surface area contributed by atoms with Crippen LogP contribution < -0.4 is 0 Å². The van der Waals surface area contributed by atoms with Crippen LogP contribution in [0, 0.1) is 31.1 Å². The van der Waals surface area contributed by atoms with Gasteiger partial charge in [-0.25, -0.2) is 0 Å². The molecule has 1 saturated carbocycles. The third-order valence-electron chi connectivity index (χ3n) is 6.54. The van der Waals surface area contributed by atoms with E-state index in [2.05, 4.69) is 75.8 Å². The molecule has 0 heterocycles. The summed E-state index contributed by atoms with van der Waals surface area (Å²) in [4.78, 5) is 5.54. The van der Waals surface area contributed by atoms with Crippen LogP contribution in [-0.2, 0) is 21.8 Å². The van der Waals surface area contributed by atoms with E-state index in [4.69, 9.17) is 28.3 Å². The van der Waals surface area contributed by atoms with Gasteiger partial charge in [-0.1, -0.05) is 81.3 Å². The summed E-state index contributed by atoms with van der Waals surface area (Å²) >= 11 is -0.556. The van der Waals surface area contributed by atoms with Crippen molar-refractivity contribution in [2.75, 3.05) is 6.61 Å². The fourth-order valence-electron chi connectivity index (χ4n) is 5.25. The molecule has 0 spiro atoms. The Kier molecular flexibility index (Phi) is 15.6. The van der Waals surface area contributed by atoms with Gasteiger partial charge in [-0.15, -0.1) is 5.54 Å². The average molecular weight is 503 g/mol. The molecule has 5 unspecified atom stereocenters. The Hall–Kier alpha value is 1.43. The summed E-state index contributed by atoms with van der Waals surface area (Å²) in [5.41, 5.74) is 0.882. The Balaban J connectivity index is 0. The maximum absolute atomic E-state index is 5.93. The monoisotopic (exact) mass is 501 g/mol. The van der Waals surface area contributed by atoms with Crippen molar-refractivity contribution in [1.29, 1.82) is 0 Å². The van der Waals surface area contributed by atoms with E-state index in [9.17, 15) is 0 Å². The van der Waals surface area contributed by atoms with Crippen LogP contribution in [0.4, 0.5) is 0 Å². The fraction of sp³-hybridized carbons (Fsp3) is 0.957. The van der Waals surface area contributed by atoms with Crippen molar-refractivity contribution >= 4 is 26.8 Å². The zero-order valence-electron chi connectivity index (χ0n) is 21.3. The maximum atomic E-state index is 5.93. The van der Waals surface area contributed by atoms with Crippen molar-refractivity contribution in [2.24, 2.45) is 23.7 Å². The van der Waals surface area contributed by atoms with Crippen LogP contribution in [-0.4, -0.2) is 26.0 Å². The first-order chi connectivity index (χ1) is 12.6. The van der Waals surface area contributed by atoms with Gasteiger partial charge in [0.25, 0.3) is 0 Å². The molecule has 0 bridgehead atoms. The van der Waals surface area contributed by atoms with Gasteiger partial charge < -0.3 is 17.1 Å². The Morgan fingerprint density at radius 1 is 0.862 bits per heavy atom. The van der Waals surface area contributed by atoms with Crippen molar-refractivity contribution in [3.05, 3.63) is 12.4 Å². The van der Waals surface area contributed by atoms with Gasteiger partial charge in [-0.05, 0) is 50.9 Å². The molecule has 0 aliphatic heterocycles. The molecule has 2 nitrogen and oxygen atoms in total. The molecule has 5 atom stereocenters. The molecular weight excluding hydrogens is 453 g/mol. The van der Waals surface area contributed by atoms with Crippen LogP contribution in [0.5, 0.6) is 0 Å². The van der Waals surface area contributed by atoms with Gasteiger partial charge in [0.2, 0.25) is 0 Å². The molecule has 1 aliphatic rings. The molecule has 29 heavy (non-hydrogen) atoms. The van der Waals surface area contributed by atoms with Gasteiger partial charge in [-0.3, -0.25) is 0 Å². The zero-order valence-corrected chi connectivity index (χ0v) is 25.4. The summed E-state index contributed by atoms with van der Waals surface area (Å²) in [5, 5.41) is 0. The fourth-order valence-corrected chi connectivity index (χ4v) is 11.2. The second-order valence-electron chi connectivity index (χ2n) is 11.1. The van der Waals surface area contributed by atoms with Crippen molar-refractivity contribution in [2.45, 2.75) is 111 Å². The van der Waals surface area contributed by atoms with E-state index in [1.165, 1.54) is 18.9 Å². The van der Waals surface area contributed by atoms with Gasteiger partial charge in [0.1, 0.15) is 0 Å². The van der Waals surface area contributed by atoms with E-state index in [0.29, 0.717) is 0 Å². The molecule has 1 fully saturated rings. The van der Waals surface area contributed by atoms with Crippen molar-refractivity contribution in [3.63, 3.8) is 0 Å². The molecule has 0 aromatic heterocycles. The van der Waals surface area contributed by atoms with Crippen LogP contribution in [0.2, 0.25) is 18.1 Å². The molecule has 0 saturated heterocycles. The summed E-state index contributed by atoms with van der Waals surface area (Å²) in [7, 11) is 8.09. The summed E-state index contributed by atoms with van der Waals surface area (Å²) in [6, 6.07) is 1.32. The van der Waals surface area contributed by atoms with Crippen LogP contribution in [0.15, 0.2) is 0 Å². The van der Waals surface area contributed by atoms with E-state index >= 15 is 0 Å². The molecule has 0 amide bonds. The number of unbranched alkanes of at least 4 members (excludes halogenated alkanes) is 1. The molecule has 176 valence electrons. The number of hydrogen-bond acceptors (Lipinski definition) is 1. The molecule has 0 aromatic carbocycles. The Morgan fingerprint density at radius 3 is 1.62 bits per heavy atom. The van der Waals surface area contributed by atoms with E-state index < -0.39 is 25.3 Å². The first-order valence-electron chi connectivity index (χ1n) is 10.9. The first kappa shape index (κ1) is 32.6. The predicted molar refractivity (Wildman–Crippen MR) is 133 cm³/mol. The normalized spacial score (nSPS) is 29.3. The summed E-state index contributed by atoms with van der Waals surface area (Å²) in [6.07, 6.45) is 2.43. The van der Waals surface area contributed by atoms with Gasteiger partial charge in [0.05, 0.1) is 5.60 Å². The van der Waals surface area contributed by atoms with Gasteiger partial charge in [0.15, 0.2) is 0 Å². The van der Waals surface area contributed by atoms with Crippen molar-refractivity contribution < 1.29 is 21.8 Å². The topological polar surface area (TPSA) is 23.3 Å². The van der Waals surface area contributed by atoms with Gasteiger partial charge >= 0.3 is 35.6 Å². The van der Waals surface area contributed by atoms with Crippen LogP contribution in [0.1, 0.15) is 82.1 Å². The summed E-state index contributed by atoms with van der Waals surface area (Å²) < 4.78 is 5.93. The number of halogens is 2. The number of rotatable bonds is 7. The average Bonchev–Trinajstić information content (AvgIpc) is 2.69. The van der Waals surface area contributed by atoms with Crippen LogP contribution in [0.25, 0.3) is 4.98 Å². The van der Waals surface area contributed by atoms with Crippen LogP contribution >= 0.6 is 18.6 Å². The van der Waals surface area contributed by atoms with Crippen molar-refractivity contribution in [3.8, 4) is 0 Å². The van der Waals surface area contributed by atoms with E-state index in [1.807, 2.05) is 0 Å². The molecule has 1 rings (SSSR count). The summed E-state index contributed by atoms with van der Waals surface area (Å²) in [5.74, 6) is 3.26. The minimum atomic E-state index is -1.69. The second-order valence-corrected chi connectivity index (χ2v) is 17.8. The Bertz CT molecular complexity index is 428. The standard InChI is InChI=1S/C22H46NOSi.CH3.2ClH.Ti/c1-16-17(2)19(4)20(18(16)3)25(11,23-21(5,6)7)15-13-12-14-24-22(8,9)10;;;;/h16-20H,12-15H2,1-11H3;1H3;2*1H;/q2*-1;;;+2/p-2. The second kappa shape index (κ2) is 13.9. The predicted octanol–water partition coefficient (Wildman–Crippen LogP) is 9.08. The minimum absolute atomic E-state index is 0. The Morgan fingerprint density at radius 2 is 1.28 bits per heavy atom. The zero-order chi connectivity index (χ0) is 22.3. The summed E-state index contributed by atoms with van der Waals surface area (Å²) in [6.45, 7) is 26.7. The van der Waals surface area contributed by atoms with Gasteiger partial charge in [0, 0.05) is 6.61 Å². The van der Waals surface area contributed by atoms with E-state index in [-0.39, 0.29) is 18.6 Å². The quantitative estimate of drug-likeness (QED) is 0.193. The molecule has 0 radical (unpaired) electrons. The molecule has 0 N–H and O–H groups in total. The Labute approximate surface area is 201 Å². The molecular formula is C23H49Cl2NOSiTi-2. The van der Waals surface area contributed by atoms with Crippen LogP contribution in [0.3, 0.4) is 0 Å². The number of hydrogen-bond donors (Lipinski definition) is 0.